The predicted molar refractivity (Wildman–Crippen MR) is 115 cm³/mol. The highest BCUT2D eigenvalue weighted by Crippen LogP contribution is 2.33. The summed E-state index contributed by atoms with van der Waals surface area (Å²) in [5.41, 5.74) is 1.88. The van der Waals surface area contributed by atoms with Crippen molar-refractivity contribution in [2.24, 2.45) is 0 Å². The van der Waals surface area contributed by atoms with Crippen molar-refractivity contribution in [3.05, 3.63) is 58.0 Å². The van der Waals surface area contributed by atoms with E-state index in [0.29, 0.717) is 28.0 Å². The van der Waals surface area contributed by atoms with Crippen LogP contribution in [0.5, 0.6) is 11.5 Å². The molecule has 0 aliphatic carbocycles. The van der Waals surface area contributed by atoms with E-state index in [0.717, 1.165) is 5.56 Å². The first-order valence-electron chi connectivity index (χ1n) is 8.97. The number of carbonyl (C=O) groups excluding carboxylic acids is 1. The molecule has 0 aliphatic rings. The zero-order chi connectivity index (χ0) is 21.5. The van der Waals surface area contributed by atoms with Gasteiger partial charge in [0.25, 0.3) is 5.69 Å². The number of hydrogen-bond donors (Lipinski definition) is 2. The Morgan fingerprint density at radius 3 is 2.67 bits per heavy atom. The van der Waals surface area contributed by atoms with E-state index >= 15 is 0 Å². The molecule has 0 saturated heterocycles. The summed E-state index contributed by atoms with van der Waals surface area (Å²) in [6, 6.07) is 11.8. The fourth-order valence-electron chi connectivity index (χ4n) is 2.73. The lowest BCUT2D eigenvalue weighted by molar-refractivity contribution is -0.384. The molecule has 9 nitrogen and oxygen atoms in total. The van der Waals surface area contributed by atoms with Gasteiger partial charge in [-0.1, -0.05) is 12.1 Å². The second-order valence-electron chi connectivity index (χ2n) is 6.11. The first kappa shape index (κ1) is 21.1. The van der Waals surface area contributed by atoms with Crippen molar-refractivity contribution in [3.63, 3.8) is 0 Å². The number of nitro groups is 1. The fourth-order valence-corrected chi connectivity index (χ4v) is 3.47. The number of carbonyl (C=O) groups is 1. The van der Waals surface area contributed by atoms with Crippen LogP contribution in [0.2, 0.25) is 0 Å². The van der Waals surface area contributed by atoms with Gasteiger partial charge in [0.15, 0.2) is 16.6 Å². The standard InChI is InChI=1S/C20H20N4O5S/c1-28-17-8-7-13(11-18(17)29-2)15-12-30-20(22-15)23-19(25)9-10-21-14-5-3-4-6-16(14)24(26)27/h3-8,11-12,21H,9-10H2,1-2H3,(H,22,23,25). The molecule has 2 N–H and O–H groups in total. The van der Waals surface area contributed by atoms with Crippen LogP contribution in [0.3, 0.4) is 0 Å². The molecule has 1 aromatic heterocycles. The van der Waals surface area contributed by atoms with Crippen molar-refractivity contribution < 1.29 is 19.2 Å². The Morgan fingerprint density at radius 2 is 1.93 bits per heavy atom. The summed E-state index contributed by atoms with van der Waals surface area (Å²) in [5, 5.41) is 19.0. The quantitative estimate of drug-likeness (QED) is 0.388. The van der Waals surface area contributed by atoms with Crippen molar-refractivity contribution in [2.75, 3.05) is 31.4 Å². The highest BCUT2D eigenvalue weighted by molar-refractivity contribution is 7.14. The minimum atomic E-state index is -0.465. The maximum atomic E-state index is 12.2. The molecule has 2 aromatic carbocycles. The van der Waals surface area contributed by atoms with E-state index in [1.54, 1.807) is 38.5 Å². The van der Waals surface area contributed by atoms with Crippen molar-refractivity contribution in [1.29, 1.82) is 0 Å². The highest BCUT2D eigenvalue weighted by Gasteiger charge is 2.13. The zero-order valence-corrected chi connectivity index (χ0v) is 17.2. The number of rotatable bonds is 9. The third kappa shape index (κ3) is 5.03. The lowest BCUT2D eigenvalue weighted by Crippen LogP contribution is -2.16. The number of benzene rings is 2. The smallest absolute Gasteiger partial charge is 0.292 e. The van der Waals surface area contributed by atoms with Gasteiger partial charge in [0, 0.05) is 30.0 Å². The Labute approximate surface area is 176 Å². The van der Waals surface area contributed by atoms with E-state index in [2.05, 4.69) is 15.6 Å². The fraction of sp³-hybridized carbons (Fsp3) is 0.200. The zero-order valence-electron chi connectivity index (χ0n) is 16.4. The van der Waals surface area contributed by atoms with Gasteiger partial charge in [0.05, 0.1) is 24.8 Å². The van der Waals surface area contributed by atoms with Crippen LogP contribution in [-0.2, 0) is 4.79 Å². The van der Waals surface area contributed by atoms with Crippen LogP contribution in [0, 0.1) is 10.1 Å². The van der Waals surface area contributed by atoms with Crippen LogP contribution in [-0.4, -0.2) is 36.6 Å². The lowest BCUT2D eigenvalue weighted by atomic mass is 10.1. The van der Waals surface area contributed by atoms with E-state index in [4.69, 9.17) is 9.47 Å². The van der Waals surface area contributed by atoms with Crippen molar-refractivity contribution in [2.45, 2.75) is 6.42 Å². The van der Waals surface area contributed by atoms with Crippen LogP contribution >= 0.6 is 11.3 Å². The Hall–Kier alpha value is -3.66. The predicted octanol–water partition coefficient (Wildman–Crippen LogP) is 4.18. The molecule has 0 atom stereocenters. The van der Waals surface area contributed by atoms with Gasteiger partial charge in [-0.3, -0.25) is 14.9 Å². The SMILES string of the molecule is COc1ccc(-c2csc(NC(=O)CCNc3ccccc3[N+](=O)[O-])n2)cc1OC. The van der Waals surface area contributed by atoms with Gasteiger partial charge < -0.3 is 20.1 Å². The Kier molecular flexibility index (Phi) is 6.81. The minimum absolute atomic E-state index is 0.0302. The van der Waals surface area contributed by atoms with Crippen LogP contribution in [0.25, 0.3) is 11.3 Å². The van der Waals surface area contributed by atoms with Crippen molar-refractivity contribution >= 4 is 33.8 Å². The highest BCUT2D eigenvalue weighted by atomic mass is 32.1. The molecule has 0 saturated carbocycles. The topological polar surface area (TPSA) is 116 Å². The molecule has 0 unspecified atom stereocenters. The molecule has 156 valence electrons. The third-order valence-corrected chi connectivity index (χ3v) is 4.96. The number of aromatic nitrogens is 1. The number of thiazole rings is 1. The molecule has 1 amide bonds. The van der Waals surface area contributed by atoms with E-state index in [9.17, 15) is 14.9 Å². The van der Waals surface area contributed by atoms with Gasteiger partial charge in [-0.15, -0.1) is 11.3 Å². The second kappa shape index (κ2) is 9.70. The molecule has 0 spiro atoms. The second-order valence-corrected chi connectivity index (χ2v) is 6.96. The Morgan fingerprint density at radius 1 is 1.17 bits per heavy atom. The number of para-hydroxylation sites is 2. The molecule has 0 aliphatic heterocycles. The molecule has 10 heteroatoms. The average Bonchev–Trinajstić information content (AvgIpc) is 3.21. The van der Waals surface area contributed by atoms with E-state index in [1.165, 1.54) is 17.4 Å². The van der Waals surface area contributed by atoms with Gasteiger partial charge in [-0.2, -0.15) is 0 Å². The van der Waals surface area contributed by atoms with Crippen LogP contribution in [0.15, 0.2) is 47.8 Å². The molecule has 30 heavy (non-hydrogen) atoms. The number of nitrogens with one attached hydrogen (secondary N) is 2. The third-order valence-electron chi connectivity index (χ3n) is 4.20. The van der Waals surface area contributed by atoms with E-state index < -0.39 is 4.92 Å². The summed E-state index contributed by atoms with van der Waals surface area (Å²) in [6.07, 6.45) is 0.136. The molecule has 0 bridgehead atoms. The molecular formula is C20H20N4O5S. The Bertz CT molecular complexity index is 1050. The largest absolute Gasteiger partial charge is 0.493 e. The molecule has 0 radical (unpaired) electrons. The first-order valence-corrected chi connectivity index (χ1v) is 9.85. The van der Waals surface area contributed by atoms with Crippen molar-refractivity contribution in [3.8, 4) is 22.8 Å². The summed E-state index contributed by atoms with van der Waals surface area (Å²) >= 11 is 1.31. The Balaban J connectivity index is 1.57. The number of anilines is 2. The first-order chi connectivity index (χ1) is 14.5. The number of hydrogen-bond acceptors (Lipinski definition) is 8. The summed E-state index contributed by atoms with van der Waals surface area (Å²) in [4.78, 5) is 27.2. The maximum absolute atomic E-state index is 12.2. The molecule has 1 heterocycles. The number of amides is 1. The van der Waals surface area contributed by atoms with Crippen LogP contribution < -0.4 is 20.1 Å². The summed E-state index contributed by atoms with van der Waals surface area (Å²) in [5.74, 6) is 0.972. The van der Waals surface area contributed by atoms with E-state index in [1.807, 2.05) is 17.5 Å². The van der Waals surface area contributed by atoms with Gasteiger partial charge in [0.2, 0.25) is 5.91 Å². The summed E-state index contributed by atoms with van der Waals surface area (Å²) < 4.78 is 10.5. The molecular weight excluding hydrogens is 408 g/mol. The number of ether oxygens (including phenoxy) is 2. The molecule has 3 rings (SSSR count). The summed E-state index contributed by atoms with van der Waals surface area (Å²) in [7, 11) is 3.13. The van der Waals surface area contributed by atoms with Gasteiger partial charge in [0.1, 0.15) is 5.69 Å². The number of nitrogens with zero attached hydrogens (tertiary/aromatic N) is 2. The van der Waals surface area contributed by atoms with Gasteiger partial charge in [-0.25, -0.2) is 4.98 Å². The van der Waals surface area contributed by atoms with Gasteiger partial charge >= 0.3 is 0 Å². The molecule has 0 fully saturated rings. The van der Waals surface area contributed by atoms with Crippen LogP contribution in [0.1, 0.15) is 6.42 Å². The average molecular weight is 428 g/mol. The van der Waals surface area contributed by atoms with Crippen molar-refractivity contribution in [1.82, 2.24) is 4.98 Å². The monoisotopic (exact) mass is 428 g/mol. The normalized spacial score (nSPS) is 10.3. The number of methoxy groups -OCH3 is 2. The van der Waals surface area contributed by atoms with Crippen LogP contribution in [0.4, 0.5) is 16.5 Å². The van der Waals surface area contributed by atoms with Gasteiger partial charge in [-0.05, 0) is 24.3 Å². The summed E-state index contributed by atoms with van der Waals surface area (Å²) in [6.45, 7) is 0.255. The number of nitro benzene ring substituents is 1. The van der Waals surface area contributed by atoms with E-state index in [-0.39, 0.29) is 24.6 Å². The minimum Gasteiger partial charge on any atom is -0.493 e. The maximum Gasteiger partial charge on any atom is 0.292 e. The lowest BCUT2D eigenvalue weighted by Gasteiger charge is -2.08. The molecule has 3 aromatic rings.